The van der Waals surface area contributed by atoms with Crippen LogP contribution in [-0.4, -0.2) is 24.8 Å². The summed E-state index contributed by atoms with van der Waals surface area (Å²) in [5.74, 6) is 2.29. The van der Waals surface area contributed by atoms with Crippen molar-refractivity contribution in [1.82, 2.24) is 0 Å². The fraction of sp³-hybridized carbons (Fsp3) is 0.955. The largest absolute Gasteiger partial charge is 0.350 e. The van der Waals surface area contributed by atoms with Gasteiger partial charge in [-0.25, -0.2) is 0 Å². The quantitative estimate of drug-likeness (QED) is 0.374. The van der Waals surface area contributed by atoms with E-state index in [1.54, 1.807) is 0 Å². The summed E-state index contributed by atoms with van der Waals surface area (Å²) in [5, 5.41) is 0. The Labute approximate surface area is 158 Å². The second-order valence-electron chi connectivity index (χ2n) is 8.71. The highest BCUT2D eigenvalue weighted by Gasteiger charge is 2.32. The predicted octanol–water partition coefficient (Wildman–Crippen LogP) is 6.50. The Morgan fingerprint density at radius 3 is 1.20 bits per heavy atom. The molecule has 0 atom stereocenters. The lowest BCUT2D eigenvalue weighted by atomic mass is 9.94. The highest BCUT2D eigenvalue weighted by Crippen LogP contribution is 2.30. The number of carbonyl (C=O) groups excluding carboxylic acids is 1. The highest BCUT2D eigenvalue weighted by atomic mass is 16.7. The second-order valence-corrected chi connectivity index (χ2v) is 8.71. The molecule has 3 nitrogen and oxygen atoms in total. The molecular weight excluding hydrogens is 312 g/mol. The third kappa shape index (κ3) is 16.8. The third-order valence-electron chi connectivity index (χ3n) is 3.53. The summed E-state index contributed by atoms with van der Waals surface area (Å²) in [4.78, 5) is 11.1. The maximum atomic E-state index is 11.1. The fourth-order valence-corrected chi connectivity index (χ4v) is 3.12. The molecule has 25 heavy (non-hydrogen) atoms. The van der Waals surface area contributed by atoms with Crippen molar-refractivity contribution in [3.8, 4) is 0 Å². The second kappa shape index (κ2) is 14.7. The summed E-state index contributed by atoms with van der Waals surface area (Å²) >= 11 is 0. The van der Waals surface area contributed by atoms with Gasteiger partial charge in [0.1, 0.15) is 5.78 Å². The molecule has 0 aromatic rings. The van der Waals surface area contributed by atoms with Crippen molar-refractivity contribution < 1.29 is 14.3 Å². The van der Waals surface area contributed by atoms with Crippen molar-refractivity contribution in [2.24, 2.45) is 23.7 Å². The van der Waals surface area contributed by atoms with E-state index in [4.69, 9.17) is 9.47 Å². The minimum Gasteiger partial charge on any atom is -0.350 e. The first-order valence-corrected chi connectivity index (χ1v) is 10.3. The first kappa shape index (κ1) is 26.8. The Morgan fingerprint density at radius 2 is 1.00 bits per heavy atom. The van der Waals surface area contributed by atoms with Gasteiger partial charge in [0.15, 0.2) is 5.79 Å². The molecule has 0 aliphatic rings. The molecule has 0 aromatic carbocycles. The van der Waals surface area contributed by atoms with Gasteiger partial charge in [-0.1, -0.05) is 55.4 Å². The van der Waals surface area contributed by atoms with Gasteiger partial charge in [-0.2, -0.15) is 0 Å². The summed E-state index contributed by atoms with van der Waals surface area (Å²) in [6, 6.07) is 0. The van der Waals surface area contributed by atoms with Crippen molar-refractivity contribution >= 4 is 5.78 Å². The molecule has 0 heterocycles. The Hall–Kier alpha value is -0.410. The van der Waals surface area contributed by atoms with Gasteiger partial charge in [0.05, 0.1) is 0 Å². The van der Waals surface area contributed by atoms with Crippen LogP contribution in [0.2, 0.25) is 0 Å². The summed E-state index contributed by atoms with van der Waals surface area (Å²) in [7, 11) is 0. The lowest BCUT2D eigenvalue weighted by Crippen LogP contribution is -2.39. The first-order chi connectivity index (χ1) is 11.5. The Kier molecular flexibility index (Phi) is 15.8. The maximum absolute atomic E-state index is 11.1. The van der Waals surface area contributed by atoms with Gasteiger partial charge in [0.25, 0.3) is 0 Å². The molecule has 0 saturated heterocycles. The van der Waals surface area contributed by atoms with E-state index >= 15 is 0 Å². The minimum absolute atomic E-state index is 0.355. The minimum atomic E-state index is -0.355. The molecule has 0 amide bonds. The Balaban J connectivity index is 0. The molecule has 0 aliphatic carbocycles. The van der Waals surface area contributed by atoms with Crippen molar-refractivity contribution in [3.63, 3.8) is 0 Å². The van der Waals surface area contributed by atoms with Crippen LogP contribution in [0.25, 0.3) is 0 Å². The zero-order chi connectivity index (χ0) is 20.0. The topological polar surface area (TPSA) is 35.5 Å². The monoisotopic (exact) mass is 358 g/mol. The van der Waals surface area contributed by atoms with Crippen LogP contribution >= 0.6 is 0 Å². The number of Topliss-reactive ketones (excluding diaryl/α,β-unsaturated/α-hetero) is 1. The predicted molar refractivity (Wildman–Crippen MR) is 109 cm³/mol. The zero-order valence-corrected chi connectivity index (χ0v) is 18.8. The molecule has 0 fully saturated rings. The molecule has 0 radical (unpaired) electrons. The smallest absolute Gasteiger partial charge is 0.168 e. The van der Waals surface area contributed by atoms with Gasteiger partial charge in [-0.15, -0.1) is 0 Å². The van der Waals surface area contributed by atoms with E-state index in [0.717, 1.165) is 38.9 Å². The molecule has 0 aromatic heterocycles. The number of carbonyl (C=O) groups is 1. The van der Waals surface area contributed by atoms with Crippen molar-refractivity contribution in [2.75, 3.05) is 13.2 Å². The molecule has 3 heteroatoms. The first-order valence-electron chi connectivity index (χ1n) is 10.3. The van der Waals surface area contributed by atoms with Gasteiger partial charge in [0, 0.05) is 38.9 Å². The van der Waals surface area contributed by atoms with Crippen LogP contribution in [0.15, 0.2) is 0 Å². The lowest BCUT2D eigenvalue weighted by Gasteiger charge is -2.36. The van der Waals surface area contributed by atoms with E-state index < -0.39 is 0 Å². The van der Waals surface area contributed by atoms with Crippen molar-refractivity contribution in [3.05, 3.63) is 0 Å². The van der Waals surface area contributed by atoms with Crippen molar-refractivity contribution in [2.45, 2.75) is 101 Å². The number of ketones is 1. The van der Waals surface area contributed by atoms with Gasteiger partial charge < -0.3 is 9.47 Å². The average Bonchev–Trinajstić information content (AvgIpc) is 2.35. The molecule has 0 rings (SSSR count). The molecule has 0 aliphatic heterocycles. The molecule has 0 unspecified atom stereocenters. The fourth-order valence-electron chi connectivity index (χ4n) is 3.12. The summed E-state index contributed by atoms with van der Waals surface area (Å²) < 4.78 is 11.7. The highest BCUT2D eigenvalue weighted by molar-refractivity contribution is 5.78. The average molecular weight is 359 g/mol. The number of rotatable bonds is 12. The normalized spacial score (nSPS) is 12.1. The van der Waals surface area contributed by atoms with Gasteiger partial charge in [0.2, 0.25) is 0 Å². The zero-order valence-electron chi connectivity index (χ0n) is 18.8. The van der Waals surface area contributed by atoms with Crippen LogP contribution in [0.3, 0.4) is 0 Å². The van der Waals surface area contributed by atoms with Crippen LogP contribution in [0.1, 0.15) is 94.9 Å². The van der Waals surface area contributed by atoms with Crippen LogP contribution in [0.4, 0.5) is 0 Å². The molecule has 152 valence electrons. The Bertz CT molecular complexity index is 289. The van der Waals surface area contributed by atoms with Crippen LogP contribution in [-0.2, 0) is 14.3 Å². The van der Waals surface area contributed by atoms with Crippen LogP contribution in [0.5, 0.6) is 0 Å². The van der Waals surface area contributed by atoms with E-state index in [1.807, 2.05) is 13.8 Å². The molecule has 0 saturated carbocycles. The van der Waals surface area contributed by atoms with Gasteiger partial charge in [-0.05, 0) is 37.5 Å². The van der Waals surface area contributed by atoms with E-state index in [2.05, 4.69) is 55.4 Å². The molecular formula is C22H46O3. The molecule has 0 bridgehead atoms. The summed E-state index contributed by atoms with van der Waals surface area (Å²) in [5.41, 5.74) is 0. The van der Waals surface area contributed by atoms with Crippen molar-refractivity contribution in [1.29, 1.82) is 0 Å². The van der Waals surface area contributed by atoms with Crippen LogP contribution < -0.4 is 0 Å². The maximum Gasteiger partial charge on any atom is 0.168 e. The van der Waals surface area contributed by atoms with E-state index in [-0.39, 0.29) is 5.79 Å². The van der Waals surface area contributed by atoms with Crippen LogP contribution in [0, 0.1) is 23.7 Å². The van der Waals surface area contributed by atoms with Gasteiger partial charge >= 0.3 is 0 Å². The lowest BCUT2D eigenvalue weighted by molar-refractivity contribution is -0.249. The van der Waals surface area contributed by atoms with E-state index in [1.165, 1.54) is 0 Å². The number of hydrogen-bond donors (Lipinski definition) is 0. The standard InChI is InChI=1S/C13H28O2.C9H18O/c1-7-14-13(15-8-2,9-11(3)4)10-12(5)6;1-7(2)5-9(10)6-8(3)4/h11-12H,7-10H2,1-6H3;7-8H,5-6H2,1-4H3. The SMILES string of the molecule is CC(C)CC(=O)CC(C)C.CCOC(CC(C)C)(CC(C)C)OCC. The summed E-state index contributed by atoms with van der Waals surface area (Å²) in [6.45, 7) is 22.7. The van der Waals surface area contributed by atoms with E-state index in [0.29, 0.717) is 29.5 Å². The number of ether oxygens (including phenoxy) is 2. The number of hydrogen-bond acceptors (Lipinski definition) is 3. The molecule has 0 spiro atoms. The van der Waals surface area contributed by atoms with Gasteiger partial charge in [-0.3, -0.25) is 4.79 Å². The van der Waals surface area contributed by atoms with E-state index in [9.17, 15) is 4.79 Å². The summed E-state index contributed by atoms with van der Waals surface area (Å²) in [6.07, 6.45) is 3.45. The molecule has 0 N–H and O–H groups in total. The Morgan fingerprint density at radius 1 is 0.680 bits per heavy atom. The third-order valence-corrected chi connectivity index (χ3v) is 3.53.